The van der Waals surface area contributed by atoms with E-state index in [2.05, 4.69) is 0 Å². The highest BCUT2D eigenvalue weighted by Gasteiger charge is 2.39. The van der Waals surface area contributed by atoms with Gasteiger partial charge in [-0.3, -0.25) is 4.18 Å². The lowest BCUT2D eigenvalue weighted by Crippen LogP contribution is -2.41. The summed E-state index contributed by atoms with van der Waals surface area (Å²) in [7, 11) is -8.01. The molecule has 136 valence electrons. The van der Waals surface area contributed by atoms with Crippen molar-refractivity contribution in [1.82, 2.24) is 4.31 Å². The molecular weight excluding hydrogens is 371 g/mol. The van der Waals surface area contributed by atoms with Gasteiger partial charge in [0.1, 0.15) is 0 Å². The molecule has 0 aromatic heterocycles. The number of rotatable bonds is 4. The number of alkyl halides is 3. The normalized spacial score (nSPS) is 18.7. The fourth-order valence-electron chi connectivity index (χ4n) is 2.48. The summed E-state index contributed by atoms with van der Waals surface area (Å²) in [6, 6.07) is 3.97. The van der Waals surface area contributed by atoms with Crippen LogP contribution in [0.25, 0.3) is 0 Å². The first-order chi connectivity index (χ1) is 10.9. The first kappa shape index (κ1) is 19.2. The molecule has 1 aliphatic rings. The molecule has 0 atom stereocenters. The van der Waals surface area contributed by atoms with E-state index in [1.807, 2.05) is 0 Å². The van der Waals surface area contributed by atoms with E-state index in [-0.39, 0.29) is 25.9 Å². The minimum Gasteiger partial charge on any atom is -0.267 e. The summed E-state index contributed by atoms with van der Waals surface area (Å²) in [5, 5.41) is 0. The lowest BCUT2D eigenvalue weighted by Gasteiger charge is -2.31. The first-order valence-corrected chi connectivity index (χ1v) is 10.2. The highest BCUT2D eigenvalue weighted by atomic mass is 32.2. The Balaban J connectivity index is 2.22. The van der Waals surface area contributed by atoms with Gasteiger partial charge in [-0.1, -0.05) is 12.1 Å². The van der Waals surface area contributed by atoms with Crippen LogP contribution in [0, 0.1) is 0 Å². The predicted molar refractivity (Wildman–Crippen MR) is 79.2 cm³/mol. The van der Waals surface area contributed by atoms with Crippen LogP contribution in [0.2, 0.25) is 0 Å². The van der Waals surface area contributed by atoms with E-state index in [0.29, 0.717) is 6.07 Å². The van der Waals surface area contributed by atoms with Crippen LogP contribution in [0.5, 0.6) is 0 Å². The summed E-state index contributed by atoms with van der Waals surface area (Å²) >= 11 is 0. The number of hydrogen-bond donors (Lipinski definition) is 0. The van der Waals surface area contributed by atoms with Gasteiger partial charge < -0.3 is 0 Å². The van der Waals surface area contributed by atoms with Gasteiger partial charge in [-0.25, -0.2) is 8.42 Å². The SMILES string of the molecule is CS(=O)(=O)OC1CCN(S(=O)(=O)c2ccccc2C(F)(F)F)CC1. The zero-order chi connectivity index (χ0) is 18.2. The quantitative estimate of drug-likeness (QED) is 0.737. The van der Waals surface area contributed by atoms with Crippen molar-refractivity contribution >= 4 is 20.1 Å². The second-order valence-corrected chi connectivity index (χ2v) is 8.90. The van der Waals surface area contributed by atoms with E-state index in [9.17, 15) is 30.0 Å². The third-order valence-electron chi connectivity index (χ3n) is 3.52. The Kier molecular flexibility index (Phi) is 5.28. The maximum atomic E-state index is 13.0. The minimum absolute atomic E-state index is 0.0838. The van der Waals surface area contributed by atoms with Gasteiger partial charge in [-0.05, 0) is 25.0 Å². The second kappa shape index (κ2) is 6.62. The van der Waals surface area contributed by atoms with E-state index in [1.165, 1.54) is 6.07 Å². The van der Waals surface area contributed by atoms with Gasteiger partial charge in [-0.2, -0.15) is 25.9 Å². The Morgan fingerprint density at radius 3 is 2.12 bits per heavy atom. The van der Waals surface area contributed by atoms with E-state index in [1.54, 1.807) is 0 Å². The summed E-state index contributed by atoms with van der Waals surface area (Å²) in [6.07, 6.45) is -4.41. The second-order valence-electron chi connectivity index (χ2n) is 5.40. The van der Waals surface area contributed by atoms with Crippen molar-refractivity contribution in [3.05, 3.63) is 29.8 Å². The van der Waals surface area contributed by atoms with Crippen LogP contribution >= 0.6 is 0 Å². The molecule has 0 amide bonds. The lowest BCUT2D eigenvalue weighted by atomic mass is 10.1. The predicted octanol–water partition coefficient (Wildman–Crippen LogP) is 1.83. The summed E-state index contributed by atoms with van der Waals surface area (Å²) in [5.41, 5.74) is -1.22. The zero-order valence-corrected chi connectivity index (χ0v) is 14.3. The number of sulfonamides is 1. The molecule has 1 saturated heterocycles. The molecule has 1 aliphatic heterocycles. The largest absolute Gasteiger partial charge is 0.417 e. The number of piperidine rings is 1. The Labute approximate surface area is 138 Å². The van der Waals surface area contributed by atoms with Crippen LogP contribution in [0.1, 0.15) is 18.4 Å². The van der Waals surface area contributed by atoms with Gasteiger partial charge in [0.15, 0.2) is 0 Å². The smallest absolute Gasteiger partial charge is 0.267 e. The first-order valence-electron chi connectivity index (χ1n) is 6.96. The van der Waals surface area contributed by atoms with Crippen LogP contribution in [0.15, 0.2) is 29.2 Å². The van der Waals surface area contributed by atoms with Crippen molar-refractivity contribution in [3.8, 4) is 0 Å². The monoisotopic (exact) mass is 387 g/mol. The maximum absolute atomic E-state index is 13.0. The molecule has 0 bridgehead atoms. The molecule has 1 aromatic carbocycles. The molecule has 0 saturated carbocycles. The van der Waals surface area contributed by atoms with Crippen molar-refractivity contribution in [2.45, 2.75) is 30.0 Å². The molecule has 0 N–H and O–H groups in total. The molecule has 2 rings (SSSR count). The standard InChI is InChI=1S/C13H16F3NO5S2/c1-23(18,19)22-10-6-8-17(9-7-10)24(20,21)12-5-3-2-4-11(12)13(14,15)16/h2-5,10H,6-9H2,1H3. The molecular formula is C13H16F3NO5S2. The summed E-state index contributed by atoms with van der Waals surface area (Å²) in [6.45, 7) is -0.233. The number of benzene rings is 1. The molecule has 1 aromatic rings. The Bertz CT molecular complexity index is 797. The summed E-state index contributed by atoms with van der Waals surface area (Å²) in [4.78, 5) is -0.806. The molecule has 1 fully saturated rings. The maximum Gasteiger partial charge on any atom is 0.417 e. The lowest BCUT2D eigenvalue weighted by molar-refractivity contribution is -0.139. The molecule has 1 heterocycles. The van der Waals surface area contributed by atoms with E-state index < -0.39 is 42.9 Å². The molecule has 11 heteroatoms. The number of nitrogens with zero attached hydrogens (tertiary/aromatic N) is 1. The number of hydrogen-bond acceptors (Lipinski definition) is 5. The van der Waals surface area contributed by atoms with Crippen LogP contribution in [0.4, 0.5) is 13.2 Å². The third kappa shape index (κ3) is 4.47. The van der Waals surface area contributed by atoms with E-state index in [0.717, 1.165) is 22.7 Å². The van der Waals surface area contributed by atoms with Crippen LogP contribution in [-0.4, -0.2) is 46.6 Å². The molecule has 0 unspecified atom stereocenters. The summed E-state index contributed by atoms with van der Waals surface area (Å²) < 4.78 is 92.0. The van der Waals surface area contributed by atoms with Gasteiger partial charge in [0.25, 0.3) is 10.1 Å². The molecule has 0 aliphatic carbocycles. The molecule has 0 radical (unpaired) electrons. The van der Waals surface area contributed by atoms with Gasteiger partial charge in [-0.15, -0.1) is 0 Å². The average molecular weight is 387 g/mol. The molecule has 6 nitrogen and oxygen atoms in total. The summed E-state index contributed by atoms with van der Waals surface area (Å²) in [5.74, 6) is 0. The van der Waals surface area contributed by atoms with Gasteiger partial charge >= 0.3 is 6.18 Å². The number of halogens is 3. The molecule has 24 heavy (non-hydrogen) atoms. The van der Waals surface area contributed by atoms with Gasteiger partial charge in [0.2, 0.25) is 10.0 Å². The van der Waals surface area contributed by atoms with Crippen molar-refractivity contribution in [1.29, 1.82) is 0 Å². The Morgan fingerprint density at radius 2 is 1.62 bits per heavy atom. The van der Waals surface area contributed by atoms with Crippen molar-refractivity contribution in [2.24, 2.45) is 0 Å². The van der Waals surface area contributed by atoms with Crippen LogP contribution in [-0.2, 0) is 30.5 Å². The highest BCUT2D eigenvalue weighted by molar-refractivity contribution is 7.89. The highest BCUT2D eigenvalue weighted by Crippen LogP contribution is 2.35. The van der Waals surface area contributed by atoms with Gasteiger partial charge in [0, 0.05) is 13.1 Å². The van der Waals surface area contributed by atoms with E-state index >= 15 is 0 Å². The third-order valence-corrected chi connectivity index (χ3v) is 6.10. The van der Waals surface area contributed by atoms with Crippen LogP contribution in [0.3, 0.4) is 0 Å². The zero-order valence-electron chi connectivity index (χ0n) is 12.7. The fraction of sp³-hybridized carbons (Fsp3) is 0.538. The van der Waals surface area contributed by atoms with Crippen molar-refractivity contribution in [3.63, 3.8) is 0 Å². The fourth-order valence-corrected chi connectivity index (χ4v) is 4.85. The van der Waals surface area contributed by atoms with Gasteiger partial charge in [0.05, 0.1) is 22.8 Å². The van der Waals surface area contributed by atoms with E-state index in [4.69, 9.17) is 4.18 Å². The minimum atomic E-state index is -4.79. The molecule has 0 spiro atoms. The van der Waals surface area contributed by atoms with Crippen molar-refractivity contribution < 1.29 is 34.2 Å². The van der Waals surface area contributed by atoms with Crippen molar-refractivity contribution in [2.75, 3.05) is 19.3 Å². The Hall–Kier alpha value is -1.17. The topological polar surface area (TPSA) is 80.8 Å². The van der Waals surface area contributed by atoms with Crippen LogP contribution < -0.4 is 0 Å². The average Bonchev–Trinajstić information content (AvgIpc) is 2.45. The Morgan fingerprint density at radius 1 is 1.08 bits per heavy atom.